The van der Waals surface area contributed by atoms with Crippen LogP contribution in [0.15, 0.2) is 5.38 Å². The number of nitrogens with one attached hydrogen (secondary N) is 2. The molecule has 2 rings (SSSR count). The molecule has 0 spiro atoms. The lowest BCUT2D eigenvalue weighted by molar-refractivity contribution is 0.167. The first-order valence-corrected chi connectivity index (χ1v) is 8.39. The van der Waals surface area contributed by atoms with Gasteiger partial charge >= 0.3 is 0 Å². The summed E-state index contributed by atoms with van der Waals surface area (Å²) in [5.74, 6) is 1.10. The molecule has 2 unspecified atom stereocenters. The maximum atomic E-state index is 4.94. The van der Waals surface area contributed by atoms with Crippen molar-refractivity contribution in [2.75, 3.05) is 19.6 Å². The van der Waals surface area contributed by atoms with Crippen LogP contribution in [0.5, 0.6) is 0 Å². The van der Waals surface area contributed by atoms with Gasteiger partial charge in [-0.2, -0.15) is 0 Å². The zero-order valence-electron chi connectivity index (χ0n) is 12.6. The third-order valence-electron chi connectivity index (χ3n) is 4.17. The molecule has 0 bridgehead atoms. The predicted octanol–water partition coefficient (Wildman–Crippen LogP) is 3.09. The number of rotatable bonds is 5. The van der Waals surface area contributed by atoms with Gasteiger partial charge in [-0.3, -0.25) is 0 Å². The summed E-state index contributed by atoms with van der Waals surface area (Å²) in [6.45, 7) is 12.2. The summed E-state index contributed by atoms with van der Waals surface area (Å²) in [6.07, 6.45) is 2.31. The van der Waals surface area contributed by atoms with Crippen molar-refractivity contribution in [1.29, 1.82) is 0 Å². The van der Waals surface area contributed by atoms with E-state index in [-0.39, 0.29) is 5.54 Å². The van der Waals surface area contributed by atoms with Crippen molar-refractivity contribution in [3.8, 4) is 0 Å². The molecule has 1 fully saturated rings. The average Bonchev–Trinajstić information content (AvgIpc) is 2.88. The molecule has 108 valence electrons. The molecular formula is C15H27N3S. The lowest BCUT2D eigenvalue weighted by Gasteiger charge is -2.42. The topological polar surface area (TPSA) is 37.0 Å². The Morgan fingerprint density at radius 1 is 1.58 bits per heavy atom. The van der Waals surface area contributed by atoms with Crippen molar-refractivity contribution < 1.29 is 0 Å². The van der Waals surface area contributed by atoms with E-state index < -0.39 is 0 Å². The highest BCUT2D eigenvalue weighted by Crippen LogP contribution is 2.37. The largest absolute Gasteiger partial charge is 0.316 e. The smallest absolute Gasteiger partial charge is 0.113 e. The van der Waals surface area contributed by atoms with Crippen molar-refractivity contribution in [2.24, 2.45) is 5.92 Å². The minimum Gasteiger partial charge on any atom is -0.316 e. The summed E-state index contributed by atoms with van der Waals surface area (Å²) in [5.41, 5.74) is 1.32. The van der Waals surface area contributed by atoms with Gasteiger partial charge in [-0.25, -0.2) is 4.98 Å². The van der Waals surface area contributed by atoms with Crippen LogP contribution in [-0.2, 0) is 5.54 Å². The van der Waals surface area contributed by atoms with Crippen molar-refractivity contribution in [3.05, 3.63) is 16.1 Å². The number of thiazole rings is 1. The molecule has 0 aromatic carbocycles. The van der Waals surface area contributed by atoms with Gasteiger partial charge < -0.3 is 10.6 Å². The second kappa shape index (κ2) is 6.33. The predicted molar refractivity (Wildman–Crippen MR) is 82.8 cm³/mol. The van der Waals surface area contributed by atoms with Gasteiger partial charge in [0, 0.05) is 5.38 Å². The van der Waals surface area contributed by atoms with Crippen LogP contribution < -0.4 is 10.6 Å². The van der Waals surface area contributed by atoms with E-state index in [1.54, 1.807) is 0 Å². The quantitative estimate of drug-likeness (QED) is 0.871. The standard InChI is InChI=1S/C15H27N3S/c1-5-7-17-15(6-8-16-9-12(15)4)14-18-13(10-19-14)11(2)3/h10-12,16-17H,5-9H2,1-4H3. The molecule has 0 amide bonds. The average molecular weight is 281 g/mol. The van der Waals surface area contributed by atoms with Crippen LogP contribution >= 0.6 is 11.3 Å². The maximum absolute atomic E-state index is 4.94. The first-order chi connectivity index (χ1) is 9.10. The highest BCUT2D eigenvalue weighted by molar-refractivity contribution is 7.09. The highest BCUT2D eigenvalue weighted by Gasteiger charge is 2.41. The zero-order valence-corrected chi connectivity index (χ0v) is 13.4. The van der Waals surface area contributed by atoms with Crippen molar-refractivity contribution >= 4 is 11.3 Å². The van der Waals surface area contributed by atoms with Crippen LogP contribution in [0.1, 0.15) is 57.2 Å². The highest BCUT2D eigenvalue weighted by atomic mass is 32.1. The molecule has 1 aliphatic heterocycles. The summed E-state index contributed by atoms with van der Waals surface area (Å²) in [4.78, 5) is 4.94. The molecule has 0 saturated carbocycles. The van der Waals surface area contributed by atoms with Crippen LogP contribution in [0.25, 0.3) is 0 Å². The van der Waals surface area contributed by atoms with E-state index >= 15 is 0 Å². The minimum absolute atomic E-state index is 0.0824. The zero-order chi connectivity index (χ0) is 13.9. The van der Waals surface area contributed by atoms with Gasteiger partial charge in [0.05, 0.1) is 11.2 Å². The molecule has 19 heavy (non-hydrogen) atoms. The SMILES string of the molecule is CCCNC1(c2nc(C(C)C)cs2)CCNCC1C. The number of hydrogen-bond donors (Lipinski definition) is 2. The van der Waals surface area contributed by atoms with Crippen molar-refractivity contribution in [1.82, 2.24) is 15.6 Å². The van der Waals surface area contributed by atoms with Gasteiger partial charge in [0.2, 0.25) is 0 Å². The summed E-state index contributed by atoms with van der Waals surface area (Å²) in [6, 6.07) is 0. The first-order valence-electron chi connectivity index (χ1n) is 7.51. The molecule has 1 aromatic rings. The maximum Gasteiger partial charge on any atom is 0.113 e. The Hall–Kier alpha value is -0.450. The van der Waals surface area contributed by atoms with Crippen molar-refractivity contribution in [3.63, 3.8) is 0 Å². The number of nitrogens with zero attached hydrogens (tertiary/aromatic N) is 1. The Bertz CT molecular complexity index is 402. The molecule has 2 heterocycles. The van der Waals surface area contributed by atoms with E-state index in [0.29, 0.717) is 11.8 Å². The molecule has 0 aliphatic carbocycles. The number of piperidine rings is 1. The third-order valence-corrected chi connectivity index (χ3v) is 5.21. The van der Waals surface area contributed by atoms with Gasteiger partial charge in [0.15, 0.2) is 0 Å². The molecule has 0 radical (unpaired) electrons. The monoisotopic (exact) mass is 281 g/mol. The lowest BCUT2D eigenvalue weighted by atomic mass is 9.79. The minimum atomic E-state index is 0.0824. The van der Waals surface area contributed by atoms with Crippen LogP contribution in [0.2, 0.25) is 0 Å². The van der Waals surface area contributed by atoms with E-state index in [0.717, 1.165) is 26.1 Å². The van der Waals surface area contributed by atoms with E-state index in [9.17, 15) is 0 Å². The number of hydrogen-bond acceptors (Lipinski definition) is 4. The molecular weight excluding hydrogens is 254 g/mol. The van der Waals surface area contributed by atoms with Gasteiger partial charge in [0.1, 0.15) is 5.01 Å². The fourth-order valence-electron chi connectivity index (χ4n) is 2.78. The van der Waals surface area contributed by atoms with Crippen molar-refractivity contribution in [2.45, 2.75) is 52.0 Å². The van der Waals surface area contributed by atoms with Crippen LogP contribution in [-0.4, -0.2) is 24.6 Å². The number of aromatic nitrogens is 1. The Balaban J connectivity index is 2.29. The molecule has 2 atom stereocenters. The van der Waals surface area contributed by atoms with Gasteiger partial charge in [-0.05, 0) is 44.3 Å². The van der Waals surface area contributed by atoms with Crippen LogP contribution in [0, 0.1) is 5.92 Å². The third kappa shape index (κ3) is 3.01. The van der Waals surface area contributed by atoms with E-state index in [4.69, 9.17) is 4.98 Å². The Labute approximate surface area is 121 Å². The lowest BCUT2D eigenvalue weighted by Crippen LogP contribution is -2.55. The van der Waals surface area contributed by atoms with Crippen LogP contribution in [0.4, 0.5) is 0 Å². The molecule has 3 nitrogen and oxygen atoms in total. The summed E-state index contributed by atoms with van der Waals surface area (Å²) >= 11 is 1.84. The van der Waals surface area contributed by atoms with Gasteiger partial charge in [0.25, 0.3) is 0 Å². The van der Waals surface area contributed by atoms with E-state index in [1.807, 2.05) is 11.3 Å². The molecule has 4 heteroatoms. The summed E-state index contributed by atoms with van der Waals surface area (Å²) in [7, 11) is 0. The second-order valence-corrected chi connectivity index (χ2v) is 6.84. The van der Waals surface area contributed by atoms with E-state index in [1.165, 1.54) is 17.1 Å². The molecule has 2 N–H and O–H groups in total. The molecule has 1 aliphatic rings. The second-order valence-electron chi connectivity index (χ2n) is 5.99. The molecule has 1 saturated heterocycles. The Morgan fingerprint density at radius 3 is 2.95 bits per heavy atom. The van der Waals surface area contributed by atoms with E-state index in [2.05, 4.69) is 43.7 Å². The fraction of sp³-hybridized carbons (Fsp3) is 0.800. The van der Waals surface area contributed by atoms with Crippen LogP contribution in [0.3, 0.4) is 0 Å². The van der Waals surface area contributed by atoms with Gasteiger partial charge in [-0.1, -0.05) is 27.7 Å². The van der Waals surface area contributed by atoms with Gasteiger partial charge in [-0.15, -0.1) is 11.3 Å². The normalized spacial score (nSPS) is 27.9. The first kappa shape index (κ1) is 14.9. The Morgan fingerprint density at radius 2 is 2.37 bits per heavy atom. The Kier molecular flexibility index (Phi) is 4.98. The molecule has 1 aromatic heterocycles. The fourth-order valence-corrected chi connectivity index (χ4v) is 4.09. The summed E-state index contributed by atoms with van der Waals surface area (Å²) < 4.78 is 0. The summed E-state index contributed by atoms with van der Waals surface area (Å²) in [5, 5.41) is 10.8.